The molecule has 1 aliphatic heterocycles. The molecule has 1 aromatic heterocycles. The highest BCUT2D eigenvalue weighted by Crippen LogP contribution is 2.36. The Labute approximate surface area is 176 Å². The Bertz CT molecular complexity index is 1090. The van der Waals surface area contributed by atoms with E-state index >= 15 is 0 Å². The SMILES string of the molecule is COc1cc(NC(=O)c2nnn3c2CO[C@H](c2ccc(F)cc2)C3)c(OC)cc1Cl. The van der Waals surface area contributed by atoms with Gasteiger partial charge in [0.1, 0.15) is 23.4 Å². The molecular weight excluding hydrogens is 415 g/mol. The summed E-state index contributed by atoms with van der Waals surface area (Å²) in [6.07, 6.45) is -0.309. The van der Waals surface area contributed by atoms with Crippen LogP contribution >= 0.6 is 11.6 Å². The van der Waals surface area contributed by atoms with Crippen LogP contribution in [0.25, 0.3) is 0 Å². The second-order valence-corrected chi connectivity index (χ2v) is 6.97. The maximum atomic E-state index is 13.2. The minimum atomic E-state index is -0.470. The zero-order valence-electron chi connectivity index (χ0n) is 16.2. The first-order chi connectivity index (χ1) is 14.5. The lowest BCUT2D eigenvalue weighted by atomic mass is 10.1. The first-order valence-corrected chi connectivity index (χ1v) is 9.40. The number of methoxy groups -OCH3 is 2. The number of hydrogen-bond acceptors (Lipinski definition) is 6. The second kappa shape index (κ2) is 8.29. The van der Waals surface area contributed by atoms with Crippen LogP contribution in [0.4, 0.5) is 10.1 Å². The number of amides is 1. The summed E-state index contributed by atoms with van der Waals surface area (Å²) in [5, 5.41) is 11.2. The van der Waals surface area contributed by atoms with E-state index in [1.807, 2.05) is 0 Å². The Morgan fingerprint density at radius 2 is 1.97 bits per heavy atom. The van der Waals surface area contributed by atoms with Gasteiger partial charge in [-0.25, -0.2) is 9.07 Å². The number of carbonyl (C=O) groups is 1. The maximum Gasteiger partial charge on any atom is 0.278 e. The normalized spacial score (nSPS) is 15.4. The van der Waals surface area contributed by atoms with E-state index in [9.17, 15) is 9.18 Å². The highest BCUT2D eigenvalue weighted by atomic mass is 35.5. The van der Waals surface area contributed by atoms with Gasteiger partial charge in [0.25, 0.3) is 5.91 Å². The number of rotatable bonds is 5. The average molecular weight is 433 g/mol. The third kappa shape index (κ3) is 3.81. The van der Waals surface area contributed by atoms with E-state index in [2.05, 4.69) is 15.6 Å². The molecular formula is C20H18ClFN4O4. The van der Waals surface area contributed by atoms with Gasteiger partial charge in [-0.2, -0.15) is 0 Å². The molecule has 1 amide bonds. The van der Waals surface area contributed by atoms with Gasteiger partial charge in [0.15, 0.2) is 5.69 Å². The van der Waals surface area contributed by atoms with Crippen molar-refractivity contribution in [3.63, 3.8) is 0 Å². The molecule has 2 aromatic carbocycles. The summed E-state index contributed by atoms with van der Waals surface area (Å²) in [4.78, 5) is 12.8. The van der Waals surface area contributed by atoms with Crippen molar-refractivity contribution in [3.05, 3.63) is 64.2 Å². The smallest absolute Gasteiger partial charge is 0.278 e. The minimum absolute atomic E-state index is 0.138. The van der Waals surface area contributed by atoms with Gasteiger partial charge in [0.2, 0.25) is 0 Å². The molecule has 0 saturated carbocycles. The van der Waals surface area contributed by atoms with Crippen LogP contribution in [0.1, 0.15) is 27.8 Å². The van der Waals surface area contributed by atoms with Crippen molar-refractivity contribution in [1.29, 1.82) is 0 Å². The summed E-state index contributed by atoms with van der Waals surface area (Å²) < 4.78 is 31.1. The molecule has 4 rings (SSSR count). The summed E-state index contributed by atoms with van der Waals surface area (Å²) in [7, 11) is 2.95. The van der Waals surface area contributed by atoms with E-state index in [1.165, 1.54) is 26.4 Å². The lowest BCUT2D eigenvalue weighted by Crippen LogP contribution is -2.24. The second-order valence-electron chi connectivity index (χ2n) is 6.56. The number of nitrogens with zero attached hydrogens (tertiary/aromatic N) is 3. The predicted molar refractivity (Wildman–Crippen MR) is 106 cm³/mol. The average Bonchev–Trinajstić information content (AvgIpc) is 3.18. The molecule has 0 aliphatic carbocycles. The van der Waals surface area contributed by atoms with Gasteiger partial charge in [0.05, 0.1) is 43.8 Å². The standard InChI is InChI=1S/C20H18ClFN4O4/c1-28-16-8-14(17(29-2)7-13(16)21)23-20(27)19-15-10-30-18(9-26(15)25-24-19)11-3-5-12(22)6-4-11/h3-8,18H,9-10H2,1-2H3,(H,23,27)/t18-/m0/s1. The number of halogens is 2. The third-order valence-corrected chi connectivity index (χ3v) is 5.07. The summed E-state index contributed by atoms with van der Waals surface area (Å²) in [6, 6.07) is 9.19. The molecule has 0 radical (unpaired) electrons. The number of hydrogen-bond donors (Lipinski definition) is 1. The largest absolute Gasteiger partial charge is 0.495 e. The first kappa shape index (κ1) is 20.1. The fourth-order valence-electron chi connectivity index (χ4n) is 3.21. The minimum Gasteiger partial charge on any atom is -0.495 e. The van der Waals surface area contributed by atoms with Crippen molar-refractivity contribution in [3.8, 4) is 11.5 Å². The third-order valence-electron chi connectivity index (χ3n) is 4.78. The molecule has 0 saturated heterocycles. The molecule has 30 heavy (non-hydrogen) atoms. The molecule has 1 atom stereocenters. The van der Waals surface area contributed by atoms with Crippen LogP contribution in [0.2, 0.25) is 5.02 Å². The van der Waals surface area contributed by atoms with E-state index in [0.717, 1.165) is 5.56 Å². The number of ether oxygens (including phenoxy) is 3. The van der Waals surface area contributed by atoms with E-state index in [1.54, 1.807) is 28.9 Å². The van der Waals surface area contributed by atoms with Gasteiger partial charge in [-0.3, -0.25) is 4.79 Å². The molecule has 2 heterocycles. The van der Waals surface area contributed by atoms with Gasteiger partial charge in [-0.15, -0.1) is 5.10 Å². The topological polar surface area (TPSA) is 87.5 Å². The Hall–Kier alpha value is -3.17. The molecule has 1 N–H and O–H groups in total. The molecule has 0 fully saturated rings. The molecule has 0 bridgehead atoms. The summed E-state index contributed by atoms with van der Waals surface area (Å²) in [5.74, 6) is -0.0157. The molecule has 10 heteroatoms. The highest BCUT2D eigenvalue weighted by Gasteiger charge is 2.28. The van der Waals surface area contributed by atoms with Crippen LogP contribution in [0.5, 0.6) is 11.5 Å². The van der Waals surface area contributed by atoms with Crippen LogP contribution in [0.15, 0.2) is 36.4 Å². The number of carbonyl (C=O) groups excluding carboxylic acids is 1. The Kier molecular flexibility index (Phi) is 5.56. The summed E-state index contributed by atoms with van der Waals surface area (Å²) >= 11 is 6.10. The van der Waals surface area contributed by atoms with Crippen LogP contribution < -0.4 is 14.8 Å². The monoisotopic (exact) mass is 432 g/mol. The van der Waals surface area contributed by atoms with Gasteiger partial charge in [0, 0.05) is 12.1 Å². The fourth-order valence-corrected chi connectivity index (χ4v) is 3.44. The number of benzene rings is 2. The maximum absolute atomic E-state index is 13.2. The van der Waals surface area contributed by atoms with E-state index in [-0.39, 0.29) is 24.2 Å². The lowest BCUT2D eigenvalue weighted by Gasteiger charge is -2.24. The number of nitrogens with one attached hydrogen (secondary N) is 1. The van der Waals surface area contributed by atoms with Gasteiger partial charge < -0.3 is 19.5 Å². The summed E-state index contributed by atoms with van der Waals surface area (Å²) in [5.41, 5.74) is 1.89. The van der Waals surface area contributed by atoms with Crippen LogP contribution in [0, 0.1) is 5.82 Å². The van der Waals surface area contributed by atoms with Crippen molar-refractivity contribution in [1.82, 2.24) is 15.0 Å². The molecule has 156 valence electrons. The fraction of sp³-hybridized carbons (Fsp3) is 0.250. The zero-order valence-corrected chi connectivity index (χ0v) is 16.9. The Balaban J connectivity index is 1.55. The zero-order chi connectivity index (χ0) is 21.3. The van der Waals surface area contributed by atoms with Crippen LogP contribution in [0.3, 0.4) is 0 Å². The molecule has 0 unspecified atom stereocenters. The van der Waals surface area contributed by atoms with E-state index in [0.29, 0.717) is 34.4 Å². The van der Waals surface area contributed by atoms with Crippen molar-refractivity contribution in [2.45, 2.75) is 19.3 Å². The van der Waals surface area contributed by atoms with Gasteiger partial charge in [-0.1, -0.05) is 28.9 Å². The first-order valence-electron chi connectivity index (χ1n) is 9.02. The molecule has 0 spiro atoms. The molecule has 8 nitrogen and oxygen atoms in total. The van der Waals surface area contributed by atoms with Gasteiger partial charge >= 0.3 is 0 Å². The Morgan fingerprint density at radius 1 is 1.23 bits per heavy atom. The highest BCUT2D eigenvalue weighted by molar-refractivity contribution is 6.32. The van der Waals surface area contributed by atoms with E-state index < -0.39 is 5.91 Å². The van der Waals surface area contributed by atoms with Crippen LogP contribution in [-0.2, 0) is 17.9 Å². The van der Waals surface area contributed by atoms with Gasteiger partial charge in [-0.05, 0) is 17.7 Å². The molecule has 1 aliphatic rings. The quantitative estimate of drug-likeness (QED) is 0.662. The predicted octanol–water partition coefficient (Wildman–Crippen LogP) is 3.61. The van der Waals surface area contributed by atoms with Crippen molar-refractivity contribution < 1.29 is 23.4 Å². The number of fused-ring (bicyclic) bond motifs is 1. The number of aromatic nitrogens is 3. The van der Waals surface area contributed by atoms with Crippen LogP contribution in [-0.4, -0.2) is 35.1 Å². The number of anilines is 1. The van der Waals surface area contributed by atoms with E-state index in [4.69, 9.17) is 25.8 Å². The summed E-state index contributed by atoms with van der Waals surface area (Å²) in [6.45, 7) is 0.498. The van der Waals surface area contributed by atoms with Crippen molar-refractivity contribution >= 4 is 23.2 Å². The Morgan fingerprint density at radius 3 is 2.67 bits per heavy atom. The van der Waals surface area contributed by atoms with Crippen molar-refractivity contribution in [2.24, 2.45) is 0 Å². The lowest BCUT2D eigenvalue weighted by molar-refractivity contribution is -0.00174. The van der Waals surface area contributed by atoms with Crippen molar-refractivity contribution in [2.75, 3.05) is 19.5 Å². The molecule has 3 aromatic rings.